The molecule has 0 atom stereocenters. The summed E-state index contributed by atoms with van der Waals surface area (Å²) >= 11 is 0. The second kappa shape index (κ2) is 8.53. The van der Waals surface area contributed by atoms with Crippen LogP contribution in [0.1, 0.15) is 0 Å². The highest BCUT2D eigenvalue weighted by Gasteiger charge is 2.18. The summed E-state index contributed by atoms with van der Waals surface area (Å²) in [6, 6.07) is 23.0. The molecule has 6 nitrogen and oxygen atoms in total. The van der Waals surface area contributed by atoms with Crippen molar-refractivity contribution >= 4 is 22.6 Å². The summed E-state index contributed by atoms with van der Waals surface area (Å²) in [4.78, 5) is 25.4. The number of methoxy groups -OCH3 is 1. The molecule has 0 fully saturated rings. The number of para-hydroxylation sites is 1. The third-order valence-electron chi connectivity index (χ3n) is 4.51. The molecule has 1 amide bonds. The van der Waals surface area contributed by atoms with Crippen molar-refractivity contribution in [1.29, 1.82) is 0 Å². The predicted molar refractivity (Wildman–Crippen MR) is 115 cm³/mol. The Morgan fingerprint density at radius 3 is 2.37 bits per heavy atom. The minimum atomic E-state index is -0.397. The van der Waals surface area contributed by atoms with Gasteiger partial charge in [-0.3, -0.25) is 9.59 Å². The number of ether oxygens (including phenoxy) is 2. The van der Waals surface area contributed by atoms with Gasteiger partial charge >= 0.3 is 0 Å². The van der Waals surface area contributed by atoms with E-state index in [4.69, 9.17) is 13.9 Å². The maximum atomic E-state index is 13.0. The second-order valence-electron chi connectivity index (χ2n) is 6.52. The molecule has 0 aliphatic heterocycles. The summed E-state index contributed by atoms with van der Waals surface area (Å²) < 4.78 is 16.7. The molecule has 0 bridgehead atoms. The van der Waals surface area contributed by atoms with Gasteiger partial charge in [0, 0.05) is 11.3 Å². The number of hydrogen-bond acceptors (Lipinski definition) is 5. The van der Waals surface area contributed by atoms with Gasteiger partial charge in [0.15, 0.2) is 12.4 Å². The molecule has 0 saturated heterocycles. The summed E-state index contributed by atoms with van der Waals surface area (Å²) in [7, 11) is 1.57. The molecule has 4 aromatic rings. The van der Waals surface area contributed by atoms with Gasteiger partial charge in [-0.1, -0.05) is 42.5 Å². The Morgan fingerprint density at radius 1 is 0.933 bits per heavy atom. The van der Waals surface area contributed by atoms with E-state index in [1.807, 2.05) is 30.3 Å². The van der Waals surface area contributed by atoms with Crippen molar-refractivity contribution in [3.8, 4) is 22.8 Å². The fourth-order valence-corrected chi connectivity index (χ4v) is 3.04. The lowest BCUT2D eigenvalue weighted by molar-refractivity contribution is -0.118. The molecular formula is C24H19NO5. The van der Waals surface area contributed by atoms with Gasteiger partial charge in [-0.2, -0.15) is 0 Å². The minimum absolute atomic E-state index is 0.00443. The van der Waals surface area contributed by atoms with Crippen molar-refractivity contribution in [2.24, 2.45) is 0 Å². The van der Waals surface area contributed by atoms with Crippen LogP contribution in [0.15, 0.2) is 88.1 Å². The molecule has 0 radical (unpaired) electrons. The van der Waals surface area contributed by atoms with Crippen LogP contribution in [0.2, 0.25) is 0 Å². The van der Waals surface area contributed by atoms with Crippen molar-refractivity contribution in [3.63, 3.8) is 0 Å². The van der Waals surface area contributed by atoms with E-state index < -0.39 is 5.91 Å². The summed E-state index contributed by atoms with van der Waals surface area (Å²) in [5.74, 6) is 0.582. The standard InChI is InChI=1S/C24H19NO5/c1-28-18-13-11-17(12-14-18)25-21(26)15-29-24-22(27)19-9-5-6-10-20(19)30-23(24)16-7-3-2-4-8-16/h2-14H,15H2,1H3,(H,25,26). The van der Waals surface area contributed by atoms with Crippen LogP contribution in [0.5, 0.6) is 11.5 Å². The Hall–Kier alpha value is -4.06. The lowest BCUT2D eigenvalue weighted by Gasteiger charge is -2.12. The summed E-state index contributed by atoms with van der Waals surface area (Å²) in [5, 5.41) is 3.12. The number of rotatable bonds is 6. The smallest absolute Gasteiger partial charge is 0.262 e. The fraction of sp³-hybridized carbons (Fsp3) is 0.0833. The molecule has 0 saturated carbocycles. The van der Waals surface area contributed by atoms with Crippen LogP contribution in [0.3, 0.4) is 0 Å². The van der Waals surface area contributed by atoms with Crippen molar-refractivity contribution in [2.75, 3.05) is 19.0 Å². The highest BCUT2D eigenvalue weighted by molar-refractivity contribution is 5.92. The van der Waals surface area contributed by atoms with Gasteiger partial charge in [0.05, 0.1) is 12.5 Å². The Labute approximate surface area is 172 Å². The Bertz CT molecular complexity index is 1230. The maximum Gasteiger partial charge on any atom is 0.262 e. The molecule has 1 heterocycles. The molecule has 3 aromatic carbocycles. The van der Waals surface area contributed by atoms with E-state index in [1.54, 1.807) is 55.6 Å². The molecule has 1 N–H and O–H groups in total. The number of fused-ring (bicyclic) bond motifs is 1. The van der Waals surface area contributed by atoms with E-state index in [1.165, 1.54) is 0 Å². The van der Waals surface area contributed by atoms with E-state index >= 15 is 0 Å². The van der Waals surface area contributed by atoms with Gasteiger partial charge in [-0.05, 0) is 36.4 Å². The zero-order valence-corrected chi connectivity index (χ0v) is 16.3. The van der Waals surface area contributed by atoms with Crippen LogP contribution in [-0.4, -0.2) is 19.6 Å². The number of benzene rings is 3. The number of hydrogen-bond donors (Lipinski definition) is 1. The summed E-state index contributed by atoms with van der Waals surface area (Å²) in [6.07, 6.45) is 0. The number of carbonyl (C=O) groups is 1. The van der Waals surface area contributed by atoms with Crippen LogP contribution < -0.4 is 20.2 Å². The van der Waals surface area contributed by atoms with E-state index in [0.717, 1.165) is 0 Å². The van der Waals surface area contributed by atoms with Crippen molar-refractivity contribution < 1.29 is 18.7 Å². The van der Waals surface area contributed by atoms with Crippen LogP contribution in [0.4, 0.5) is 5.69 Å². The molecular weight excluding hydrogens is 382 g/mol. The van der Waals surface area contributed by atoms with Crippen LogP contribution >= 0.6 is 0 Å². The zero-order valence-electron chi connectivity index (χ0n) is 16.3. The molecule has 30 heavy (non-hydrogen) atoms. The lowest BCUT2D eigenvalue weighted by atomic mass is 10.1. The molecule has 0 aliphatic carbocycles. The first kappa shape index (κ1) is 19.3. The van der Waals surface area contributed by atoms with E-state index in [-0.39, 0.29) is 23.5 Å². The van der Waals surface area contributed by atoms with Gasteiger partial charge in [-0.25, -0.2) is 0 Å². The number of amides is 1. The topological polar surface area (TPSA) is 77.8 Å². The van der Waals surface area contributed by atoms with Crippen molar-refractivity contribution in [1.82, 2.24) is 0 Å². The molecule has 0 unspecified atom stereocenters. The third-order valence-corrected chi connectivity index (χ3v) is 4.51. The maximum absolute atomic E-state index is 13.0. The van der Waals surface area contributed by atoms with Crippen LogP contribution in [0.25, 0.3) is 22.3 Å². The summed E-state index contributed by atoms with van der Waals surface area (Å²) in [5.41, 5.74) is 1.41. The van der Waals surface area contributed by atoms with Gasteiger partial charge in [0.25, 0.3) is 5.91 Å². The predicted octanol–water partition coefficient (Wildman–Crippen LogP) is 4.49. The average molecular weight is 401 g/mol. The number of nitrogens with one attached hydrogen (secondary N) is 1. The highest BCUT2D eigenvalue weighted by atomic mass is 16.5. The zero-order chi connectivity index (χ0) is 20.9. The molecule has 4 rings (SSSR count). The lowest BCUT2D eigenvalue weighted by Crippen LogP contribution is -2.22. The van der Waals surface area contributed by atoms with E-state index in [2.05, 4.69) is 5.32 Å². The molecule has 150 valence electrons. The van der Waals surface area contributed by atoms with Gasteiger partial charge in [0.1, 0.15) is 11.3 Å². The molecule has 0 spiro atoms. The Kier molecular flexibility index (Phi) is 5.48. The normalized spacial score (nSPS) is 10.6. The van der Waals surface area contributed by atoms with E-state index in [9.17, 15) is 9.59 Å². The fourth-order valence-electron chi connectivity index (χ4n) is 3.04. The first-order chi connectivity index (χ1) is 14.7. The van der Waals surface area contributed by atoms with Crippen molar-refractivity contribution in [2.45, 2.75) is 0 Å². The number of anilines is 1. The largest absolute Gasteiger partial charge is 0.497 e. The Balaban J connectivity index is 1.61. The average Bonchev–Trinajstić information content (AvgIpc) is 2.79. The molecule has 1 aromatic heterocycles. The van der Waals surface area contributed by atoms with Crippen molar-refractivity contribution in [3.05, 3.63) is 89.1 Å². The highest BCUT2D eigenvalue weighted by Crippen LogP contribution is 2.30. The molecule has 0 aliphatic rings. The van der Waals surface area contributed by atoms with Gasteiger partial charge in [0.2, 0.25) is 11.2 Å². The SMILES string of the molecule is COc1ccc(NC(=O)COc2c(-c3ccccc3)oc3ccccc3c2=O)cc1. The third kappa shape index (κ3) is 4.03. The van der Waals surface area contributed by atoms with Crippen LogP contribution in [-0.2, 0) is 4.79 Å². The van der Waals surface area contributed by atoms with Gasteiger partial charge in [-0.15, -0.1) is 0 Å². The first-order valence-electron chi connectivity index (χ1n) is 9.33. The van der Waals surface area contributed by atoms with Gasteiger partial charge < -0.3 is 19.2 Å². The minimum Gasteiger partial charge on any atom is -0.497 e. The summed E-state index contributed by atoms with van der Waals surface area (Å²) in [6.45, 7) is -0.338. The first-order valence-corrected chi connectivity index (χ1v) is 9.33. The number of carbonyl (C=O) groups excluding carboxylic acids is 1. The van der Waals surface area contributed by atoms with E-state index in [0.29, 0.717) is 28.0 Å². The quantitative estimate of drug-likeness (QED) is 0.515. The Morgan fingerprint density at radius 2 is 1.63 bits per heavy atom. The van der Waals surface area contributed by atoms with Crippen LogP contribution in [0, 0.1) is 0 Å². The second-order valence-corrected chi connectivity index (χ2v) is 6.52. The monoisotopic (exact) mass is 401 g/mol. The molecule has 6 heteroatoms.